The van der Waals surface area contributed by atoms with Crippen LogP contribution in [0.3, 0.4) is 0 Å². The average molecular weight is 298 g/mol. The summed E-state index contributed by atoms with van der Waals surface area (Å²) in [5, 5.41) is 8.94. The van der Waals surface area contributed by atoms with Gasteiger partial charge in [-0.3, -0.25) is 0 Å². The van der Waals surface area contributed by atoms with Crippen molar-refractivity contribution in [2.24, 2.45) is 0 Å². The minimum absolute atomic E-state index is 0.443. The second-order valence-electron chi connectivity index (χ2n) is 5.31. The minimum atomic E-state index is -1.27. The molecular weight excluding hydrogens is 276 g/mol. The topological polar surface area (TPSA) is 46.5 Å². The summed E-state index contributed by atoms with van der Waals surface area (Å²) in [7, 11) is 0. The monoisotopic (exact) mass is 298 g/mol. The second-order valence-corrected chi connectivity index (χ2v) is 5.31. The Morgan fingerprint density at radius 1 is 0.955 bits per heavy atom. The zero-order valence-corrected chi connectivity index (χ0v) is 13.1. The van der Waals surface area contributed by atoms with Crippen molar-refractivity contribution in [2.75, 3.05) is 0 Å². The van der Waals surface area contributed by atoms with Crippen LogP contribution in [0.2, 0.25) is 0 Å². The number of hydrogen-bond donors (Lipinski definition) is 1. The SMILES string of the molecule is CCCc1ccccc1-c1cccc(OC(=O)O)c1CCC. The Morgan fingerprint density at radius 3 is 2.32 bits per heavy atom. The Kier molecular flexibility index (Phi) is 5.59. The lowest BCUT2D eigenvalue weighted by molar-refractivity contribution is 0.144. The molecule has 2 aromatic carbocycles. The van der Waals surface area contributed by atoms with Crippen LogP contribution in [0.5, 0.6) is 5.75 Å². The van der Waals surface area contributed by atoms with E-state index in [2.05, 4.69) is 26.0 Å². The van der Waals surface area contributed by atoms with E-state index < -0.39 is 6.16 Å². The number of benzene rings is 2. The highest BCUT2D eigenvalue weighted by molar-refractivity contribution is 5.74. The summed E-state index contributed by atoms with van der Waals surface area (Å²) in [6.45, 7) is 4.24. The Labute approximate surface area is 131 Å². The molecule has 3 nitrogen and oxygen atoms in total. The fourth-order valence-corrected chi connectivity index (χ4v) is 2.79. The van der Waals surface area contributed by atoms with E-state index in [4.69, 9.17) is 9.84 Å². The molecule has 0 radical (unpaired) electrons. The van der Waals surface area contributed by atoms with Crippen LogP contribution in [-0.4, -0.2) is 11.3 Å². The van der Waals surface area contributed by atoms with Gasteiger partial charge in [-0.15, -0.1) is 0 Å². The zero-order valence-electron chi connectivity index (χ0n) is 13.1. The molecular formula is C19H22O3. The van der Waals surface area contributed by atoms with Gasteiger partial charge in [0.25, 0.3) is 0 Å². The maximum Gasteiger partial charge on any atom is 0.511 e. The Hall–Kier alpha value is -2.29. The van der Waals surface area contributed by atoms with E-state index in [1.54, 1.807) is 6.07 Å². The van der Waals surface area contributed by atoms with E-state index in [9.17, 15) is 4.79 Å². The summed E-state index contributed by atoms with van der Waals surface area (Å²) in [5.41, 5.74) is 4.50. The molecule has 0 aromatic heterocycles. The number of rotatable bonds is 6. The molecule has 2 rings (SSSR count). The zero-order chi connectivity index (χ0) is 15.9. The lowest BCUT2D eigenvalue weighted by Gasteiger charge is -2.16. The van der Waals surface area contributed by atoms with Crippen LogP contribution < -0.4 is 4.74 Å². The molecule has 0 aliphatic rings. The molecule has 0 saturated carbocycles. The lowest BCUT2D eigenvalue weighted by Crippen LogP contribution is -2.06. The van der Waals surface area contributed by atoms with Crippen molar-refractivity contribution >= 4 is 6.16 Å². The van der Waals surface area contributed by atoms with Crippen molar-refractivity contribution in [3.63, 3.8) is 0 Å². The third-order valence-electron chi connectivity index (χ3n) is 3.66. The molecule has 3 heteroatoms. The highest BCUT2D eigenvalue weighted by Crippen LogP contribution is 2.34. The summed E-state index contributed by atoms with van der Waals surface area (Å²) in [6.07, 6.45) is 2.54. The first kappa shape index (κ1) is 16.1. The normalized spacial score (nSPS) is 10.5. The predicted octanol–water partition coefficient (Wildman–Crippen LogP) is 5.32. The number of carbonyl (C=O) groups is 1. The van der Waals surface area contributed by atoms with E-state index in [0.717, 1.165) is 36.8 Å². The maximum absolute atomic E-state index is 10.9. The molecule has 0 amide bonds. The largest absolute Gasteiger partial charge is 0.511 e. The standard InChI is InChI=1S/C19H22O3/c1-3-8-14-10-5-6-11-15(14)16-12-7-13-18(22-19(20)21)17(16)9-4-2/h5-7,10-13H,3-4,8-9H2,1-2H3,(H,20,21). The molecule has 0 bridgehead atoms. The van der Waals surface area contributed by atoms with Gasteiger partial charge in [-0.2, -0.15) is 0 Å². The molecule has 0 aliphatic heterocycles. The van der Waals surface area contributed by atoms with Gasteiger partial charge in [-0.05, 0) is 35.6 Å². The van der Waals surface area contributed by atoms with Crippen LogP contribution in [0.15, 0.2) is 42.5 Å². The summed E-state index contributed by atoms with van der Waals surface area (Å²) in [4.78, 5) is 10.9. The van der Waals surface area contributed by atoms with Gasteiger partial charge in [-0.25, -0.2) is 4.79 Å². The van der Waals surface area contributed by atoms with Gasteiger partial charge in [-0.1, -0.05) is 63.1 Å². The van der Waals surface area contributed by atoms with Crippen LogP contribution in [-0.2, 0) is 12.8 Å². The van der Waals surface area contributed by atoms with Crippen molar-refractivity contribution in [1.82, 2.24) is 0 Å². The van der Waals surface area contributed by atoms with Crippen molar-refractivity contribution in [2.45, 2.75) is 39.5 Å². The third kappa shape index (κ3) is 3.67. The number of ether oxygens (including phenoxy) is 1. The van der Waals surface area contributed by atoms with Gasteiger partial charge in [0.15, 0.2) is 0 Å². The molecule has 22 heavy (non-hydrogen) atoms. The van der Waals surface area contributed by atoms with Crippen molar-refractivity contribution < 1.29 is 14.6 Å². The Balaban J connectivity index is 2.57. The quantitative estimate of drug-likeness (QED) is 0.580. The third-order valence-corrected chi connectivity index (χ3v) is 3.66. The maximum atomic E-state index is 10.9. The van der Waals surface area contributed by atoms with Gasteiger partial charge in [0.05, 0.1) is 0 Å². The number of carboxylic acid groups (broad SMARTS) is 1. The average Bonchev–Trinajstić information content (AvgIpc) is 2.50. The number of hydrogen-bond acceptors (Lipinski definition) is 2. The van der Waals surface area contributed by atoms with Crippen LogP contribution in [0.25, 0.3) is 11.1 Å². The summed E-state index contributed by atoms with van der Waals surface area (Å²) < 4.78 is 4.98. The fraction of sp³-hybridized carbons (Fsp3) is 0.316. The molecule has 0 unspecified atom stereocenters. The van der Waals surface area contributed by atoms with E-state index in [0.29, 0.717) is 5.75 Å². The van der Waals surface area contributed by atoms with E-state index >= 15 is 0 Å². The molecule has 2 aromatic rings. The molecule has 0 heterocycles. The minimum Gasteiger partial charge on any atom is -0.449 e. The molecule has 0 atom stereocenters. The van der Waals surface area contributed by atoms with Crippen LogP contribution in [0.4, 0.5) is 4.79 Å². The molecule has 1 N–H and O–H groups in total. The summed E-state index contributed by atoms with van der Waals surface area (Å²) in [5.74, 6) is 0.443. The van der Waals surface area contributed by atoms with Gasteiger partial charge in [0, 0.05) is 5.56 Å². The smallest absolute Gasteiger partial charge is 0.449 e. The molecule has 0 aliphatic carbocycles. The highest BCUT2D eigenvalue weighted by Gasteiger charge is 2.14. The van der Waals surface area contributed by atoms with E-state index in [-0.39, 0.29) is 0 Å². The van der Waals surface area contributed by atoms with Crippen LogP contribution in [0.1, 0.15) is 37.8 Å². The second kappa shape index (κ2) is 7.64. The summed E-state index contributed by atoms with van der Waals surface area (Å²) in [6, 6.07) is 13.9. The first-order valence-corrected chi connectivity index (χ1v) is 7.78. The molecule has 0 spiro atoms. The molecule has 0 saturated heterocycles. The van der Waals surface area contributed by atoms with Gasteiger partial charge < -0.3 is 9.84 Å². The van der Waals surface area contributed by atoms with Gasteiger partial charge >= 0.3 is 6.16 Å². The van der Waals surface area contributed by atoms with E-state index in [1.165, 1.54) is 11.1 Å². The lowest BCUT2D eigenvalue weighted by atomic mass is 9.91. The highest BCUT2D eigenvalue weighted by atomic mass is 16.7. The Morgan fingerprint density at radius 2 is 1.64 bits per heavy atom. The summed E-state index contributed by atoms with van der Waals surface area (Å²) >= 11 is 0. The van der Waals surface area contributed by atoms with Gasteiger partial charge in [0.1, 0.15) is 5.75 Å². The van der Waals surface area contributed by atoms with Gasteiger partial charge in [0.2, 0.25) is 0 Å². The van der Waals surface area contributed by atoms with Crippen molar-refractivity contribution in [3.05, 3.63) is 53.6 Å². The Bertz CT molecular complexity index is 647. The van der Waals surface area contributed by atoms with Crippen LogP contribution >= 0.6 is 0 Å². The first-order valence-electron chi connectivity index (χ1n) is 7.78. The molecule has 116 valence electrons. The predicted molar refractivity (Wildman–Crippen MR) is 88.5 cm³/mol. The van der Waals surface area contributed by atoms with E-state index in [1.807, 2.05) is 24.3 Å². The number of aryl methyl sites for hydroxylation is 1. The van der Waals surface area contributed by atoms with Crippen molar-refractivity contribution in [3.8, 4) is 16.9 Å². The fourth-order valence-electron chi connectivity index (χ4n) is 2.79. The van der Waals surface area contributed by atoms with Crippen molar-refractivity contribution in [1.29, 1.82) is 0 Å². The first-order chi connectivity index (χ1) is 10.7. The van der Waals surface area contributed by atoms with Crippen LogP contribution in [0, 0.1) is 0 Å². The molecule has 0 fully saturated rings.